The van der Waals surface area contributed by atoms with Crippen molar-refractivity contribution in [1.29, 1.82) is 0 Å². The third-order valence-corrected chi connectivity index (χ3v) is 7.45. The highest BCUT2D eigenvalue weighted by Crippen LogP contribution is 2.44. The number of nitrogens with zero attached hydrogens (tertiary/aromatic N) is 4. The van der Waals surface area contributed by atoms with E-state index in [-0.39, 0.29) is 17.8 Å². The van der Waals surface area contributed by atoms with Gasteiger partial charge in [-0.1, -0.05) is 22.0 Å². The Kier molecular flexibility index (Phi) is 6.70. The lowest BCUT2D eigenvalue weighted by atomic mass is 9.96. The van der Waals surface area contributed by atoms with Gasteiger partial charge in [-0.05, 0) is 80.2 Å². The summed E-state index contributed by atoms with van der Waals surface area (Å²) >= 11 is 9.36. The highest BCUT2D eigenvalue weighted by Gasteiger charge is 2.42. The molecule has 1 N–H and O–H groups in total. The lowest BCUT2D eigenvalue weighted by molar-refractivity contribution is -0.384. The molecule has 0 bridgehead atoms. The van der Waals surface area contributed by atoms with E-state index in [0.717, 1.165) is 32.8 Å². The zero-order valence-electron chi connectivity index (χ0n) is 20.4. The highest BCUT2D eigenvalue weighted by molar-refractivity contribution is 9.10. The average molecular weight is 578 g/mol. The standard InChI is InChI=1S/C27H24BrN5O3S/c1-16-14-21(17(2)31(16)23-15-20(33(34)35)11-12-24(23)36-3)26-25(22-6-4-5-13-29-22)30-27(37)32(26)19-9-7-18(28)8-10-19/h4-15,25-26H,1-3H3,(H,30,37)/t25-,26+/m1/s1. The van der Waals surface area contributed by atoms with Crippen LogP contribution in [0.5, 0.6) is 5.75 Å². The number of halogens is 1. The second-order valence-electron chi connectivity index (χ2n) is 8.75. The molecule has 5 rings (SSSR count). The number of methoxy groups -OCH3 is 1. The van der Waals surface area contributed by atoms with Gasteiger partial charge in [-0.3, -0.25) is 15.1 Å². The van der Waals surface area contributed by atoms with Crippen LogP contribution in [0.1, 0.15) is 34.7 Å². The predicted octanol–water partition coefficient (Wildman–Crippen LogP) is 6.35. The van der Waals surface area contributed by atoms with Crippen molar-refractivity contribution in [2.75, 3.05) is 12.0 Å². The van der Waals surface area contributed by atoms with Gasteiger partial charge in [0.2, 0.25) is 0 Å². The molecule has 1 fully saturated rings. The van der Waals surface area contributed by atoms with Gasteiger partial charge < -0.3 is 19.5 Å². The summed E-state index contributed by atoms with van der Waals surface area (Å²) in [6.07, 6.45) is 1.77. The van der Waals surface area contributed by atoms with Crippen molar-refractivity contribution >= 4 is 44.6 Å². The maximum Gasteiger partial charge on any atom is 0.271 e. The quantitative estimate of drug-likeness (QED) is 0.162. The summed E-state index contributed by atoms with van der Waals surface area (Å²) in [5.74, 6) is 0.546. The van der Waals surface area contributed by atoms with E-state index in [1.807, 2.05) is 60.9 Å². The van der Waals surface area contributed by atoms with E-state index in [1.165, 1.54) is 6.07 Å². The minimum Gasteiger partial charge on any atom is -0.495 e. The molecule has 1 aliphatic heterocycles. The van der Waals surface area contributed by atoms with E-state index in [2.05, 4.69) is 37.2 Å². The molecule has 2 aromatic carbocycles. The lowest BCUT2D eigenvalue weighted by Gasteiger charge is -2.28. The summed E-state index contributed by atoms with van der Waals surface area (Å²) in [5, 5.41) is 15.6. The van der Waals surface area contributed by atoms with Gasteiger partial charge in [0.1, 0.15) is 5.75 Å². The molecule has 0 amide bonds. The van der Waals surface area contributed by atoms with Crippen molar-refractivity contribution in [2.45, 2.75) is 25.9 Å². The number of anilines is 1. The van der Waals surface area contributed by atoms with Gasteiger partial charge in [-0.2, -0.15) is 0 Å². The van der Waals surface area contributed by atoms with Gasteiger partial charge in [-0.15, -0.1) is 0 Å². The van der Waals surface area contributed by atoms with Crippen LogP contribution in [0.3, 0.4) is 0 Å². The van der Waals surface area contributed by atoms with Crippen LogP contribution in [-0.2, 0) is 0 Å². The van der Waals surface area contributed by atoms with E-state index >= 15 is 0 Å². The van der Waals surface area contributed by atoms with E-state index < -0.39 is 4.92 Å². The molecule has 1 saturated heterocycles. The third kappa shape index (κ3) is 4.47. The molecule has 0 aliphatic carbocycles. The monoisotopic (exact) mass is 577 g/mol. The van der Waals surface area contributed by atoms with E-state index in [4.69, 9.17) is 17.0 Å². The number of pyridine rings is 1. The molecular formula is C27H24BrN5O3S. The van der Waals surface area contributed by atoms with Crippen LogP contribution in [0.25, 0.3) is 5.69 Å². The molecule has 188 valence electrons. The molecule has 0 spiro atoms. The Morgan fingerprint density at radius 1 is 1.11 bits per heavy atom. The third-order valence-electron chi connectivity index (χ3n) is 6.61. The number of benzene rings is 2. The van der Waals surface area contributed by atoms with Gasteiger partial charge >= 0.3 is 0 Å². The molecular weight excluding hydrogens is 554 g/mol. The fraction of sp³-hybridized carbons (Fsp3) is 0.185. The molecule has 3 heterocycles. The number of nitrogens with one attached hydrogen (secondary N) is 1. The molecule has 4 aromatic rings. The lowest BCUT2D eigenvalue weighted by Crippen LogP contribution is -2.29. The topological polar surface area (TPSA) is 85.5 Å². The van der Waals surface area contributed by atoms with Crippen LogP contribution in [0, 0.1) is 24.0 Å². The first-order valence-corrected chi connectivity index (χ1v) is 12.8. The Labute approximate surface area is 228 Å². The molecule has 0 radical (unpaired) electrons. The first-order chi connectivity index (χ1) is 17.8. The van der Waals surface area contributed by atoms with Gasteiger partial charge in [0.15, 0.2) is 5.11 Å². The molecule has 2 aromatic heterocycles. The highest BCUT2D eigenvalue weighted by atomic mass is 79.9. The first-order valence-electron chi connectivity index (χ1n) is 11.6. The summed E-state index contributed by atoms with van der Waals surface area (Å²) in [6.45, 7) is 3.99. The molecule has 0 unspecified atom stereocenters. The Hall–Kier alpha value is -3.76. The number of aromatic nitrogens is 2. The minimum absolute atomic E-state index is 0.00332. The van der Waals surface area contributed by atoms with Crippen molar-refractivity contribution in [3.8, 4) is 11.4 Å². The summed E-state index contributed by atoms with van der Waals surface area (Å²) in [7, 11) is 1.56. The van der Waals surface area contributed by atoms with Crippen LogP contribution in [-0.4, -0.2) is 26.7 Å². The normalized spacial score (nSPS) is 17.1. The summed E-state index contributed by atoms with van der Waals surface area (Å²) in [4.78, 5) is 17.9. The number of nitro groups is 1. The molecule has 8 nitrogen and oxygen atoms in total. The van der Waals surface area contributed by atoms with Crippen molar-refractivity contribution in [3.05, 3.63) is 110 Å². The zero-order valence-corrected chi connectivity index (χ0v) is 22.8. The second kappa shape index (κ2) is 9.95. The Balaban J connectivity index is 1.70. The first kappa shape index (κ1) is 24.9. The Bertz CT molecular complexity index is 1490. The fourth-order valence-electron chi connectivity index (χ4n) is 4.98. The average Bonchev–Trinajstić information content (AvgIpc) is 3.39. The number of ether oxygens (including phenoxy) is 1. The van der Waals surface area contributed by atoms with Gasteiger partial charge in [0, 0.05) is 39.9 Å². The Morgan fingerprint density at radius 2 is 1.86 bits per heavy atom. The van der Waals surface area contributed by atoms with Crippen molar-refractivity contribution in [3.63, 3.8) is 0 Å². The van der Waals surface area contributed by atoms with Crippen molar-refractivity contribution < 1.29 is 9.66 Å². The smallest absolute Gasteiger partial charge is 0.271 e. The fourth-order valence-corrected chi connectivity index (χ4v) is 5.59. The number of thiocarbonyl (C=S) groups is 1. The number of nitro benzene ring substituents is 1. The maximum absolute atomic E-state index is 11.5. The number of hydrogen-bond acceptors (Lipinski definition) is 5. The van der Waals surface area contributed by atoms with E-state index in [0.29, 0.717) is 16.5 Å². The van der Waals surface area contributed by atoms with Crippen molar-refractivity contribution in [2.24, 2.45) is 0 Å². The van der Waals surface area contributed by atoms with Gasteiger partial charge in [-0.25, -0.2) is 0 Å². The SMILES string of the molecule is COc1ccc([N+](=O)[O-])cc1-n1c(C)cc([C@H]2[C@@H](c3ccccn3)NC(=S)N2c2ccc(Br)cc2)c1C. The van der Waals surface area contributed by atoms with Crippen LogP contribution in [0.2, 0.25) is 0 Å². The molecule has 2 atom stereocenters. The van der Waals surface area contributed by atoms with Gasteiger partial charge in [0.05, 0.1) is 35.5 Å². The van der Waals surface area contributed by atoms with Crippen LogP contribution in [0.4, 0.5) is 11.4 Å². The van der Waals surface area contributed by atoms with Crippen LogP contribution in [0.15, 0.2) is 77.4 Å². The van der Waals surface area contributed by atoms with Gasteiger partial charge in [0.25, 0.3) is 5.69 Å². The summed E-state index contributed by atoms with van der Waals surface area (Å²) in [6, 6.07) is 20.2. The maximum atomic E-state index is 11.5. The molecule has 1 aliphatic rings. The molecule has 37 heavy (non-hydrogen) atoms. The van der Waals surface area contributed by atoms with Crippen molar-refractivity contribution in [1.82, 2.24) is 14.9 Å². The summed E-state index contributed by atoms with van der Waals surface area (Å²) < 4.78 is 8.56. The van der Waals surface area contributed by atoms with E-state index in [9.17, 15) is 10.1 Å². The predicted molar refractivity (Wildman–Crippen MR) is 151 cm³/mol. The zero-order chi connectivity index (χ0) is 26.3. The van der Waals surface area contributed by atoms with E-state index in [1.54, 1.807) is 25.4 Å². The Morgan fingerprint density at radius 3 is 2.51 bits per heavy atom. The summed E-state index contributed by atoms with van der Waals surface area (Å²) in [5.41, 5.74) is 5.29. The largest absolute Gasteiger partial charge is 0.495 e. The molecule has 10 heteroatoms. The second-order valence-corrected chi connectivity index (χ2v) is 10.1. The minimum atomic E-state index is -0.399. The number of aryl methyl sites for hydroxylation is 1. The van der Waals surface area contributed by atoms with Crippen LogP contribution >= 0.6 is 28.1 Å². The van der Waals surface area contributed by atoms with Crippen LogP contribution < -0.4 is 15.0 Å². The number of non-ortho nitro benzene ring substituents is 1. The molecule has 0 saturated carbocycles. The number of rotatable bonds is 6. The number of hydrogen-bond donors (Lipinski definition) is 1.